The van der Waals surface area contributed by atoms with Crippen molar-refractivity contribution in [2.24, 2.45) is 7.05 Å². The van der Waals surface area contributed by atoms with Crippen LogP contribution < -0.4 is 0 Å². The second kappa shape index (κ2) is 6.91. The van der Waals surface area contributed by atoms with Crippen LogP contribution in [-0.2, 0) is 13.6 Å². The fourth-order valence-corrected chi connectivity index (χ4v) is 4.98. The summed E-state index contributed by atoms with van der Waals surface area (Å²) < 4.78 is 3.43. The molecule has 3 aromatic heterocycles. The van der Waals surface area contributed by atoms with Crippen LogP contribution in [0.25, 0.3) is 21.3 Å². The molecule has 136 valence electrons. The zero-order chi connectivity index (χ0) is 18.2. The molecule has 1 aliphatic rings. The van der Waals surface area contributed by atoms with Gasteiger partial charge in [-0.3, -0.25) is 9.88 Å². The Kier molecular flexibility index (Phi) is 4.26. The molecule has 0 spiro atoms. The molecule has 1 aliphatic heterocycles. The Balaban J connectivity index is 1.37. The van der Waals surface area contributed by atoms with Gasteiger partial charge in [0.2, 0.25) is 0 Å². The minimum Gasteiger partial charge on any atom is -0.337 e. The van der Waals surface area contributed by atoms with Crippen molar-refractivity contribution in [2.75, 3.05) is 13.1 Å². The molecule has 1 fully saturated rings. The lowest BCUT2D eigenvalue weighted by atomic mass is 9.97. The van der Waals surface area contributed by atoms with E-state index in [9.17, 15) is 0 Å². The summed E-state index contributed by atoms with van der Waals surface area (Å²) >= 11 is 1.79. The van der Waals surface area contributed by atoms with Crippen molar-refractivity contribution in [1.82, 2.24) is 19.4 Å². The van der Waals surface area contributed by atoms with E-state index in [0.717, 1.165) is 31.2 Å². The zero-order valence-corrected chi connectivity index (χ0v) is 16.2. The maximum atomic E-state index is 4.67. The molecule has 4 heterocycles. The smallest absolute Gasteiger partial charge is 0.122 e. The van der Waals surface area contributed by atoms with E-state index in [4.69, 9.17) is 0 Å². The average molecular weight is 375 g/mol. The standard InChI is InChI=1S/C22H22N4S/c1-25-11-9-24-22(25)14-26-10-7-17(13-26)16-6-8-23-20(12-16)19-15-27-21-5-3-2-4-18(19)21/h2-6,8-9,11-12,15,17H,7,10,13-14H2,1H3/t17-/m0/s1. The monoisotopic (exact) mass is 374 g/mol. The van der Waals surface area contributed by atoms with Gasteiger partial charge in [0.05, 0.1) is 12.2 Å². The molecular formula is C22H22N4S. The molecule has 4 nitrogen and oxygen atoms in total. The predicted octanol–water partition coefficient (Wildman–Crippen LogP) is 4.69. The van der Waals surface area contributed by atoms with E-state index < -0.39 is 0 Å². The van der Waals surface area contributed by atoms with Crippen molar-refractivity contribution in [1.29, 1.82) is 0 Å². The molecule has 0 unspecified atom stereocenters. The van der Waals surface area contributed by atoms with E-state index in [-0.39, 0.29) is 0 Å². The van der Waals surface area contributed by atoms with Gasteiger partial charge in [-0.2, -0.15) is 0 Å². The van der Waals surface area contributed by atoms with E-state index >= 15 is 0 Å². The number of nitrogens with zero attached hydrogens (tertiary/aromatic N) is 4. The van der Waals surface area contributed by atoms with E-state index in [1.165, 1.54) is 27.6 Å². The molecule has 0 N–H and O–H groups in total. The van der Waals surface area contributed by atoms with Crippen molar-refractivity contribution in [2.45, 2.75) is 18.9 Å². The van der Waals surface area contributed by atoms with Gasteiger partial charge in [0.1, 0.15) is 5.82 Å². The van der Waals surface area contributed by atoms with Crippen LogP contribution in [0, 0.1) is 0 Å². The Morgan fingerprint density at radius 2 is 2.07 bits per heavy atom. The largest absolute Gasteiger partial charge is 0.337 e. The molecule has 1 saturated heterocycles. The summed E-state index contributed by atoms with van der Waals surface area (Å²) in [5.74, 6) is 1.70. The number of imidazole rings is 1. The highest BCUT2D eigenvalue weighted by molar-refractivity contribution is 7.17. The molecule has 0 aliphatic carbocycles. The van der Waals surface area contributed by atoms with Crippen molar-refractivity contribution in [3.05, 3.63) is 71.8 Å². The quantitative estimate of drug-likeness (QED) is 0.520. The summed E-state index contributed by atoms with van der Waals surface area (Å²) in [6.07, 6.45) is 7.06. The van der Waals surface area contributed by atoms with Crippen LogP contribution in [0.15, 0.2) is 60.4 Å². The molecular weight excluding hydrogens is 352 g/mol. The van der Waals surface area contributed by atoms with Gasteiger partial charge in [-0.1, -0.05) is 18.2 Å². The highest BCUT2D eigenvalue weighted by Gasteiger charge is 2.25. The van der Waals surface area contributed by atoms with Gasteiger partial charge in [-0.25, -0.2) is 4.98 Å². The molecule has 1 aromatic carbocycles. The number of rotatable bonds is 4. The Bertz CT molecular complexity index is 1080. The summed E-state index contributed by atoms with van der Waals surface area (Å²) in [4.78, 5) is 11.6. The number of thiophene rings is 1. The van der Waals surface area contributed by atoms with Crippen LogP contribution in [0.1, 0.15) is 23.7 Å². The molecule has 27 heavy (non-hydrogen) atoms. The summed E-state index contributed by atoms with van der Waals surface area (Å²) in [6, 6.07) is 13.1. The molecule has 5 rings (SSSR count). The van der Waals surface area contributed by atoms with Crippen LogP contribution in [-0.4, -0.2) is 32.5 Å². The topological polar surface area (TPSA) is 34.0 Å². The lowest BCUT2D eigenvalue weighted by molar-refractivity contribution is 0.314. The zero-order valence-electron chi connectivity index (χ0n) is 15.4. The summed E-state index contributed by atoms with van der Waals surface area (Å²) in [5, 5.41) is 3.54. The van der Waals surface area contributed by atoms with Crippen LogP contribution in [0.2, 0.25) is 0 Å². The van der Waals surface area contributed by atoms with E-state index in [1.807, 2.05) is 18.6 Å². The van der Waals surface area contributed by atoms with Gasteiger partial charge in [0, 0.05) is 53.2 Å². The normalized spacial score (nSPS) is 17.7. The van der Waals surface area contributed by atoms with Crippen LogP contribution in [0.5, 0.6) is 0 Å². The number of hydrogen-bond acceptors (Lipinski definition) is 4. The van der Waals surface area contributed by atoms with Crippen molar-refractivity contribution < 1.29 is 0 Å². The maximum absolute atomic E-state index is 4.67. The first-order valence-corrected chi connectivity index (χ1v) is 10.3. The summed E-state index contributed by atoms with van der Waals surface area (Å²) in [7, 11) is 2.07. The third-order valence-corrected chi connectivity index (χ3v) is 6.53. The predicted molar refractivity (Wildman–Crippen MR) is 111 cm³/mol. The highest BCUT2D eigenvalue weighted by Crippen LogP contribution is 2.35. The van der Waals surface area contributed by atoms with Crippen molar-refractivity contribution in [3.63, 3.8) is 0 Å². The van der Waals surface area contributed by atoms with Gasteiger partial charge < -0.3 is 4.57 Å². The van der Waals surface area contributed by atoms with Crippen molar-refractivity contribution in [3.8, 4) is 11.3 Å². The Hall–Kier alpha value is -2.50. The summed E-state index contributed by atoms with van der Waals surface area (Å²) in [6.45, 7) is 3.13. The number of hydrogen-bond donors (Lipinski definition) is 0. The van der Waals surface area contributed by atoms with Crippen LogP contribution in [0.4, 0.5) is 0 Å². The van der Waals surface area contributed by atoms with E-state index in [0.29, 0.717) is 5.92 Å². The second-order valence-electron chi connectivity index (χ2n) is 7.30. The number of aromatic nitrogens is 3. The minimum atomic E-state index is 0.567. The van der Waals surface area contributed by atoms with Crippen LogP contribution >= 0.6 is 11.3 Å². The van der Waals surface area contributed by atoms with Gasteiger partial charge in [0.15, 0.2) is 0 Å². The van der Waals surface area contributed by atoms with Gasteiger partial charge in [-0.05, 0) is 42.6 Å². The third-order valence-electron chi connectivity index (χ3n) is 5.57. The number of pyridine rings is 1. The molecule has 1 atom stereocenters. The van der Waals surface area contributed by atoms with Gasteiger partial charge in [-0.15, -0.1) is 11.3 Å². The van der Waals surface area contributed by atoms with Crippen molar-refractivity contribution >= 4 is 21.4 Å². The fourth-order valence-electron chi connectivity index (χ4n) is 4.02. The minimum absolute atomic E-state index is 0.567. The molecule has 0 bridgehead atoms. The van der Waals surface area contributed by atoms with E-state index in [1.54, 1.807) is 11.3 Å². The SMILES string of the molecule is Cn1ccnc1CN1CC[C@H](c2ccnc(-c3csc4ccccc34)c2)C1. The lowest BCUT2D eigenvalue weighted by Gasteiger charge is -2.16. The third kappa shape index (κ3) is 3.17. The molecule has 0 amide bonds. The maximum Gasteiger partial charge on any atom is 0.122 e. The first-order chi connectivity index (χ1) is 13.3. The number of likely N-dealkylation sites (tertiary alicyclic amines) is 1. The molecule has 0 radical (unpaired) electrons. The highest BCUT2D eigenvalue weighted by atomic mass is 32.1. The molecule has 5 heteroatoms. The molecule has 4 aromatic rings. The fraction of sp³-hybridized carbons (Fsp3) is 0.273. The second-order valence-corrected chi connectivity index (χ2v) is 8.21. The number of benzene rings is 1. The first kappa shape index (κ1) is 16.7. The van der Waals surface area contributed by atoms with Gasteiger partial charge in [0.25, 0.3) is 0 Å². The van der Waals surface area contributed by atoms with E-state index in [2.05, 4.69) is 68.3 Å². The Morgan fingerprint density at radius 1 is 1.15 bits per heavy atom. The Labute approximate surface area is 163 Å². The first-order valence-electron chi connectivity index (χ1n) is 9.39. The number of aryl methyl sites for hydroxylation is 1. The molecule has 0 saturated carbocycles. The van der Waals surface area contributed by atoms with Crippen LogP contribution in [0.3, 0.4) is 0 Å². The lowest BCUT2D eigenvalue weighted by Crippen LogP contribution is -2.21. The Morgan fingerprint density at radius 3 is 2.96 bits per heavy atom. The van der Waals surface area contributed by atoms with Gasteiger partial charge >= 0.3 is 0 Å². The summed E-state index contributed by atoms with van der Waals surface area (Å²) in [5.41, 5.74) is 3.74. The number of fused-ring (bicyclic) bond motifs is 1. The average Bonchev–Trinajstić information content (AvgIpc) is 3.43.